The smallest absolute Gasteiger partial charge is 0.171 e. The summed E-state index contributed by atoms with van der Waals surface area (Å²) in [6.07, 6.45) is 0. The summed E-state index contributed by atoms with van der Waals surface area (Å²) in [7, 11) is 0. The summed E-state index contributed by atoms with van der Waals surface area (Å²) in [4.78, 5) is 0. The molecule has 0 saturated heterocycles. The molecule has 0 aromatic rings. The lowest BCUT2D eigenvalue weighted by atomic mass is 10.2. The molecule has 0 heterocycles. The van der Waals surface area contributed by atoms with E-state index >= 15 is 0 Å². The minimum Gasteiger partial charge on any atom is -0.326 e. The number of hydrogen-bond acceptors (Lipinski definition) is 3. The maximum absolute atomic E-state index is 12.9. The molecule has 0 rings (SSSR count). The van der Waals surface area contributed by atoms with Crippen LogP contribution in [0.2, 0.25) is 0 Å². The summed E-state index contributed by atoms with van der Waals surface area (Å²) in [6.45, 7) is 1.94. The van der Waals surface area contributed by atoms with E-state index in [0.29, 0.717) is 0 Å². The highest BCUT2D eigenvalue weighted by Crippen LogP contribution is 2.05. The average Bonchev–Trinajstić information content (AvgIpc) is 1.83. The SMILES string of the molecule is C[C@](N)(F)CN[C@](C)(F)CN. The molecule has 11 heavy (non-hydrogen) atoms. The monoisotopic (exact) mass is 167 g/mol. The Hall–Kier alpha value is -0.260. The third kappa shape index (κ3) is 6.15. The van der Waals surface area contributed by atoms with Gasteiger partial charge in [0.15, 0.2) is 11.6 Å². The van der Waals surface area contributed by atoms with Crippen molar-refractivity contribution in [3.05, 3.63) is 0 Å². The first kappa shape index (κ1) is 10.7. The standard InChI is InChI=1S/C6H15F2N3/c1-5(7,10)4-11-6(2,8)3-9/h11H,3-4,9-10H2,1-2H3/t5-,6+/m1/s1. The van der Waals surface area contributed by atoms with E-state index in [2.05, 4.69) is 5.32 Å². The van der Waals surface area contributed by atoms with Gasteiger partial charge in [-0.1, -0.05) is 0 Å². The lowest BCUT2D eigenvalue weighted by Gasteiger charge is -2.23. The van der Waals surface area contributed by atoms with E-state index in [1.54, 1.807) is 0 Å². The first-order valence-electron chi connectivity index (χ1n) is 3.39. The summed E-state index contributed by atoms with van der Waals surface area (Å²) in [5.41, 5.74) is 10.00. The molecule has 2 atom stereocenters. The van der Waals surface area contributed by atoms with Crippen LogP contribution in [0.4, 0.5) is 8.78 Å². The van der Waals surface area contributed by atoms with E-state index < -0.39 is 11.6 Å². The molecule has 0 aliphatic heterocycles. The second-order valence-corrected chi connectivity index (χ2v) is 3.03. The zero-order valence-corrected chi connectivity index (χ0v) is 6.82. The fraction of sp³-hybridized carbons (Fsp3) is 1.00. The van der Waals surface area contributed by atoms with Crippen LogP contribution in [-0.4, -0.2) is 24.7 Å². The summed E-state index contributed by atoms with van der Waals surface area (Å²) >= 11 is 0. The Bertz CT molecular complexity index is 119. The molecule has 0 aliphatic rings. The van der Waals surface area contributed by atoms with Crippen molar-refractivity contribution in [2.75, 3.05) is 13.1 Å². The number of alkyl halides is 2. The van der Waals surface area contributed by atoms with Gasteiger partial charge >= 0.3 is 0 Å². The molecule has 0 aliphatic carbocycles. The minimum absolute atomic E-state index is 0.205. The number of halogens is 2. The van der Waals surface area contributed by atoms with Gasteiger partial charge in [0.05, 0.1) is 0 Å². The van der Waals surface area contributed by atoms with Crippen LogP contribution in [0.25, 0.3) is 0 Å². The zero-order chi connectivity index (χ0) is 9.12. The van der Waals surface area contributed by atoms with Gasteiger partial charge in [-0.15, -0.1) is 0 Å². The molecule has 3 nitrogen and oxygen atoms in total. The molecule has 5 N–H and O–H groups in total. The van der Waals surface area contributed by atoms with Gasteiger partial charge in [-0.25, -0.2) is 8.78 Å². The Morgan fingerprint density at radius 3 is 2.09 bits per heavy atom. The quantitative estimate of drug-likeness (QED) is 0.511. The summed E-state index contributed by atoms with van der Waals surface area (Å²) < 4.78 is 25.5. The van der Waals surface area contributed by atoms with Crippen molar-refractivity contribution in [3.8, 4) is 0 Å². The Balaban J connectivity index is 3.70. The molecule has 0 radical (unpaired) electrons. The molecule has 0 bridgehead atoms. The Morgan fingerprint density at radius 2 is 1.82 bits per heavy atom. The lowest BCUT2D eigenvalue weighted by molar-refractivity contribution is 0.104. The van der Waals surface area contributed by atoms with Crippen LogP contribution in [0.15, 0.2) is 0 Å². The van der Waals surface area contributed by atoms with Gasteiger partial charge in [0.25, 0.3) is 0 Å². The van der Waals surface area contributed by atoms with Gasteiger partial charge in [-0.3, -0.25) is 11.1 Å². The fourth-order valence-corrected chi connectivity index (χ4v) is 0.429. The first-order chi connectivity index (χ1) is 4.77. The Labute approximate surface area is 65.1 Å². The van der Waals surface area contributed by atoms with Crippen LogP contribution >= 0.6 is 0 Å². The molecule has 0 aromatic heterocycles. The van der Waals surface area contributed by atoms with E-state index in [0.717, 1.165) is 6.92 Å². The van der Waals surface area contributed by atoms with Crippen LogP contribution in [0, 0.1) is 0 Å². The predicted octanol–water partition coefficient (Wildman–Crippen LogP) is -0.135. The maximum Gasteiger partial charge on any atom is 0.171 e. The van der Waals surface area contributed by atoms with Crippen molar-refractivity contribution < 1.29 is 8.78 Å². The zero-order valence-electron chi connectivity index (χ0n) is 6.82. The molecule has 0 amide bonds. The second-order valence-electron chi connectivity index (χ2n) is 3.03. The molecule has 0 fully saturated rings. The number of rotatable bonds is 4. The summed E-state index contributed by atoms with van der Waals surface area (Å²) in [5.74, 6) is -3.64. The van der Waals surface area contributed by atoms with Crippen LogP contribution in [0.1, 0.15) is 13.8 Å². The third-order valence-electron chi connectivity index (χ3n) is 1.19. The highest BCUT2D eigenvalue weighted by Gasteiger charge is 2.24. The van der Waals surface area contributed by atoms with Gasteiger partial charge in [0.1, 0.15) is 0 Å². The lowest BCUT2D eigenvalue weighted by Crippen LogP contribution is -2.52. The van der Waals surface area contributed by atoms with E-state index in [-0.39, 0.29) is 13.1 Å². The largest absolute Gasteiger partial charge is 0.326 e. The Morgan fingerprint density at radius 1 is 1.36 bits per heavy atom. The molecule has 5 heteroatoms. The fourth-order valence-electron chi connectivity index (χ4n) is 0.429. The summed E-state index contributed by atoms with van der Waals surface area (Å²) in [6, 6.07) is 0. The van der Waals surface area contributed by atoms with E-state index in [9.17, 15) is 8.78 Å². The van der Waals surface area contributed by atoms with Crippen LogP contribution in [0.5, 0.6) is 0 Å². The molecule has 0 saturated carbocycles. The van der Waals surface area contributed by atoms with Gasteiger partial charge < -0.3 is 5.73 Å². The molecule has 0 unspecified atom stereocenters. The van der Waals surface area contributed by atoms with Crippen molar-refractivity contribution in [1.82, 2.24) is 5.32 Å². The van der Waals surface area contributed by atoms with Crippen molar-refractivity contribution in [1.29, 1.82) is 0 Å². The normalized spacial score (nSPS) is 22.4. The molecular formula is C6H15F2N3. The summed E-state index contributed by atoms with van der Waals surface area (Å²) in [5, 5.41) is 2.26. The number of nitrogens with two attached hydrogens (primary N) is 2. The molecule has 68 valence electrons. The minimum atomic E-state index is -1.90. The number of hydrogen-bond donors (Lipinski definition) is 3. The third-order valence-corrected chi connectivity index (χ3v) is 1.19. The highest BCUT2D eigenvalue weighted by molar-refractivity contribution is 4.76. The van der Waals surface area contributed by atoms with Crippen LogP contribution in [0.3, 0.4) is 0 Å². The molecule has 0 aromatic carbocycles. The van der Waals surface area contributed by atoms with E-state index in [4.69, 9.17) is 11.5 Å². The molecule has 0 spiro atoms. The van der Waals surface area contributed by atoms with E-state index in [1.165, 1.54) is 6.92 Å². The van der Waals surface area contributed by atoms with Crippen molar-refractivity contribution in [3.63, 3.8) is 0 Å². The van der Waals surface area contributed by atoms with E-state index in [1.807, 2.05) is 0 Å². The van der Waals surface area contributed by atoms with Gasteiger partial charge in [-0.05, 0) is 13.8 Å². The maximum atomic E-state index is 12.9. The topological polar surface area (TPSA) is 64.1 Å². The van der Waals surface area contributed by atoms with Crippen molar-refractivity contribution in [2.45, 2.75) is 25.4 Å². The van der Waals surface area contributed by atoms with Crippen molar-refractivity contribution in [2.24, 2.45) is 11.5 Å². The average molecular weight is 167 g/mol. The second kappa shape index (κ2) is 3.42. The van der Waals surface area contributed by atoms with Crippen molar-refractivity contribution >= 4 is 0 Å². The van der Waals surface area contributed by atoms with Crippen LogP contribution < -0.4 is 16.8 Å². The first-order valence-corrected chi connectivity index (χ1v) is 3.39. The number of nitrogens with one attached hydrogen (secondary N) is 1. The van der Waals surface area contributed by atoms with Gasteiger partial charge in [0.2, 0.25) is 0 Å². The highest BCUT2D eigenvalue weighted by atomic mass is 19.2. The predicted molar refractivity (Wildman–Crippen MR) is 40.3 cm³/mol. The Kier molecular flexibility index (Phi) is 3.34. The van der Waals surface area contributed by atoms with Crippen LogP contribution in [-0.2, 0) is 0 Å². The van der Waals surface area contributed by atoms with Gasteiger partial charge in [0, 0.05) is 13.1 Å². The van der Waals surface area contributed by atoms with Gasteiger partial charge in [-0.2, -0.15) is 0 Å². The molecular weight excluding hydrogens is 152 g/mol.